The summed E-state index contributed by atoms with van der Waals surface area (Å²) in [4.78, 5) is 16.4. The summed E-state index contributed by atoms with van der Waals surface area (Å²) in [7, 11) is 0. The predicted molar refractivity (Wildman–Crippen MR) is 71.3 cm³/mol. The summed E-state index contributed by atoms with van der Waals surface area (Å²) in [5.74, 6) is -0.556. The van der Waals surface area contributed by atoms with E-state index in [4.69, 9.17) is 11.6 Å². The Morgan fingerprint density at radius 2 is 2.10 bits per heavy atom. The average Bonchev–Trinajstić information content (AvgIpc) is 2.76. The molecule has 1 heterocycles. The van der Waals surface area contributed by atoms with Crippen molar-refractivity contribution in [3.05, 3.63) is 44.9 Å². The Bertz CT molecular complexity index is 654. The van der Waals surface area contributed by atoms with Crippen molar-refractivity contribution in [2.24, 2.45) is 0 Å². The van der Waals surface area contributed by atoms with Crippen molar-refractivity contribution in [1.29, 1.82) is 0 Å². The summed E-state index contributed by atoms with van der Waals surface area (Å²) in [6.07, 6.45) is -4.58. The number of aryl methyl sites for hydroxylation is 1. The van der Waals surface area contributed by atoms with Crippen molar-refractivity contribution in [2.75, 3.05) is 5.32 Å². The number of nitrogens with zero attached hydrogens (tertiary/aromatic N) is 1. The van der Waals surface area contributed by atoms with Gasteiger partial charge >= 0.3 is 6.18 Å². The average molecular weight is 321 g/mol. The first-order chi connectivity index (χ1) is 9.29. The highest BCUT2D eigenvalue weighted by Gasteiger charge is 2.33. The van der Waals surface area contributed by atoms with Gasteiger partial charge in [0.05, 0.1) is 16.1 Å². The lowest BCUT2D eigenvalue weighted by atomic mass is 10.2. The van der Waals surface area contributed by atoms with Crippen LogP contribution in [0, 0.1) is 6.92 Å². The van der Waals surface area contributed by atoms with Crippen LogP contribution in [-0.2, 0) is 6.18 Å². The van der Waals surface area contributed by atoms with Crippen LogP contribution in [0.2, 0.25) is 5.02 Å². The quantitative estimate of drug-likeness (QED) is 0.892. The molecule has 1 N–H and O–H groups in total. The van der Waals surface area contributed by atoms with Gasteiger partial charge in [-0.1, -0.05) is 11.6 Å². The Morgan fingerprint density at radius 3 is 2.65 bits per heavy atom. The van der Waals surface area contributed by atoms with E-state index in [9.17, 15) is 18.0 Å². The van der Waals surface area contributed by atoms with Crippen LogP contribution in [0.3, 0.4) is 0 Å². The minimum atomic E-state index is -4.58. The molecule has 1 amide bonds. The molecule has 0 unspecified atom stereocenters. The van der Waals surface area contributed by atoms with Crippen LogP contribution in [-0.4, -0.2) is 10.9 Å². The van der Waals surface area contributed by atoms with Gasteiger partial charge < -0.3 is 5.32 Å². The molecule has 0 aliphatic carbocycles. The number of anilines is 1. The fourth-order valence-corrected chi connectivity index (χ4v) is 2.33. The monoisotopic (exact) mass is 320 g/mol. The summed E-state index contributed by atoms with van der Waals surface area (Å²) < 4.78 is 38.1. The maximum atomic E-state index is 12.7. The first-order valence-electron chi connectivity index (χ1n) is 5.37. The number of nitrogens with one attached hydrogen (secondary N) is 1. The van der Waals surface area contributed by atoms with Gasteiger partial charge in [0, 0.05) is 10.6 Å². The number of benzene rings is 1. The Balaban J connectivity index is 2.27. The lowest BCUT2D eigenvalue weighted by Crippen LogP contribution is -2.14. The van der Waals surface area contributed by atoms with Crippen molar-refractivity contribution in [1.82, 2.24) is 4.98 Å². The van der Waals surface area contributed by atoms with E-state index < -0.39 is 22.7 Å². The van der Waals surface area contributed by atoms with Crippen molar-refractivity contribution in [3.8, 4) is 0 Å². The van der Waals surface area contributed by atoms with E-state index in [0.717, 1.165) is 12.1 Å². The normalized spacial score (nSPS) is 11.4. The number of hydrogen-bond donors (Lipinski definition) is 1. The number of rotatable bonds is 2. The molecule has 0 fully saturated rings. The molecule has 0 radical (unpaired) electrons. The van der Waals surface area contributed by atoms with Crippen LogP contribution >= 0.6 is 22.9 Å². The van der Waals surface area contributed by atoms with E-state index in [-0.39, 0.29) is 11.4 Å². The number of amides is 1. The van der Waals surface area contributed by atoms with Crippen molar-refractivity contribution in [2.45, 2.75) is 13.1 Å². The fourth-order valence-electron chi connectivity index (χ4n) is 1.53. The molecule has 2 aromatic rings. The summed E-state index contributed by atoms with van der Waals surface area (Å²) in [6.45, 7) is 1.70. The van der Waals surface area contributed by atoms with E-state index in [2.05, 4.69) is 10.3 Å². The summed E-state index contributed by atoms with van der Waals surface area (Å²) in [6, 6.07) is 3.19. The van der Waals surface area contributed by atoms with Gasteiger partial charge in [0.2, 0.25) is 0 Å². The minimum absolute atomic E-state index is 0.0131. The maximum absolute atomic E-state index is 12.7. The van der Waals surface area contributed by atoms with E-state index in [1.165, 1.54) is 22.9 Å². The number of halogens is 4. The van der Waals surface area contributed by atoms with Gasteiger partial charge in [-0.05, 0) is 25.1 Å². The second-order valence-corrected chi connectivity index (χ2v) is 5.37. The van der Waals surface area contributed by atoms with Crippen LogP contribution in [0.4, 0.5) is 18.9 Å². The maximum Gasteiger partial charge on any atom is 0.417 e. The topological polar surface area (TPSA) is 42.0 Å². The number of hydrogen-bond acceptors (Lipinski definition) is 3. The molecule has 2 rings (SSSR count). The highest BCUT2D eigenvalue weighted by atomic mass is 35.5. The largest absolute Gasteiger partial charge is 0.417 e. The van der Waals surface area contributed by atoms with Crippen LogP contribution < -0.4 is 5.32 Å². The van der Waals surface area contributed by atoms with Gasteiger partial charge in [-0.2, -0.15) is 13.2 Å². The fraction of sp³-hybridized carbons (Fsp3) is 0.167. The lowest BCUT2D eigenvalue weighted by molar-refractivity contribution is -0.137. The van der Waals surface area contributed by atoms with Crippen molar-refractivity contribution < 1.29 is 18.0 Å². The molecule has 0 bridgehead atoms. The van der Waals surface area contributed by atoms with E-state index in [0.29, 0.717) is 4.88 Å². The summed E-state index contributed by atoms with van der Waals surface area (Å²) in [5.41, 5.74) is 0.706. The molecule has 0 saturated heterocycles. The second-order valence-electron chi connectivity index (χ2n) is 3.90. The first kappa shape index (κ1) is 14.8. The molecule has 8 heteroatoms. The van der Waals surface area contributed by atoms with Crippen LogP contribution in [0.15, 0.2) is 23.7 Å². The minimum Gasteiger partial charge on any atom is -0.321 e. The molecule has 106 valence electrons. The molecule has 0 aliphatic rings. The Morgan fingerprint density at radius 1 is 1.40 bits per heavy atom. The van der Waals surface area contributed by atoms with Crippen molar-refractivity contribution in [3.63, 3.8) is 0 Å². The van der Waals surface area contributed by atoms with Gasteiger partial charge in [-0.3, -0.25) is 4.79 Å². The van der Waals surface area contributed by atoms with Gasteiger partial charge in [0.1, 0.15) is 5.69 Å². The molecular weight excluding hydrogens is 313 g/mol. The summed E-state index contributed by atoms with van der Waals surface area (Å²) in [5, 5.41) is 1.96. The van der Waals surface area contributed by atoms with E-state index in [1.807, 2.05) is 0 Å². The molecule has 1 aromatic heterocycles. The number of alkyl halides is 3. The molecule has 0 spiro atoms. The summed E-state index contributed by atoms with van der Waals surface area (Å²) >= 11 is 6.78. The molecular formula is C12H8ClF3N2OS. The number of thiazole rings is 1. The van der Waals surface area contributed by atoms with Gasteiger partial charge in [-0.25, -0.2) is 4.98 Å². The van der Waals surface area contributed by atoms with E-state index in [1.54, 1.807) is 6.92 Å². The predicted octanol–water partition coefficient (Wildman–Crippen LogP) is 4.38. The van der Waals surface area contributed by atoms with Gasteiger partial charge in [0.25, 0.3) is 5.91 Å². The van der Waals surface area contributed by atoms with Crippen LogP contribution in [0.1, 0.15) is 20.9 Å². The van der Waals surface area contributed by atoms with E-state index >= 15 is 0 Å². The highest BCUT2D eigenvalue weighted by molar-refractivity contribution is 7.09. The van der Waals surface area contributed by atoms with Gasteiger partial charge in [0.15, 0.2) is 0 Å². The van der Waals surface area contributed by atoms with Crippen molar-refractivity contribution >= 4 is 34.5 Å². The second kappa shape index (κ2) is 5.41. The third-order valence-electron chi connectivity index (χ3n) is 2.49. The highest BCUT2D eigenvalue weighted by Crippen LogP contribution is 2.36. The molecule has 0 saturated carbocycles. The zero-order valence-electron chi connectivity index (χ0n) is 10.1. The number of aromatic nitrogens is 1. The van der Waals surface area contributed by atoms with Crippen LogP contribution in [0.25, 0.3) is 0 Å². The lowest BCUT2D eigenvalue weighted by Gasteiger charge is -2.11. The smallest absolute Gasteiger partial charge is 0.321 e. The molecule has 20 heavy (non-hydrogen) atoms. The first-order valence-corrected chi connectivity index (χ1v) is 6.63. The SMILES string of the molecule is Cc1scnc1C(=O)Nc1ccc(Cl)c(C(F)(F)F)c1. The third-order valence-corrected chi connectivity index (χ3v) is 3.58. The molecule has 3 nitrogen and oxygen atoms in total. The number of carbonyl (C=O) groups is 1. The zero-order chi connectivity index (χ0) is 14.9. The van der Waals surface area contributed by atoms with Gasteiger partial charge in [-0.15, -0.1) is 11.3 Å². The molecule has 0 atom stereocenters. The number of carbonyl (C=O) groups excluding carboxylic acids is 1. The molecule has 0 aliphatic heterocycles. The molecule has 1 aromatic carbocycles. The Hall–Kier alpha value is -1.60. The third kappa shape index (κ3) is 3.10. The Labute approximate surface area is 121 Å². The van der Waals surface area contributed by atoms with Crippen LogP contribution in [0.5, 0.6) is 0 Å². The zero-order valence-corrected chi connectivity index (χ0v) is 11.7. The standard InChI is InChI=1S/C12H8ClF3N2OS/c1-6-10(17-5-20-6)11(19)18-7-2-3-9(13)8(4-7)12(14,15)16/h2-5H,1H3,(H,18,19). The Kier molecular flexibility index (Phi) is 4.01.